The second-order valence-electron chi connectivity index (χ2n) is 16.7. The van der Waals surface area contributed by atoms with Crippen molar-refractivity contribution in [3.8, 4) is 11.5 Å². The molecule has 2 aromatic rings. The molecule has 0 saturated heterocycles. The topological polar surface area (TPSA) is 93.1 Å². The van der Waals surface area contributed by atoms with Crippen molar-refractivity contribution < 1.29 is 29.3 Å². The molecule has 0 bridgehead atoms. The van der Waals surface area contributed by atoms with Crippen molar-refractivity contribution >= 4 is 11.9 Å². The van der Waals surface area contributed by atoms with Gasteiger partial charge in [-0.1, -0.05) is 114 Å². The number of phenols is 2. The zero-order valence-electron chi connectivity index (χ0n) is 30.4. The predicted molar refractivity (Wildman–Crippen MR) is 183 cm³/mol. The largest absolute Gasteiger partial charge is 0.507 e. The highest BCUT2D eigenvalue weighted by molar-refractivity contribution is 5.70. The summed E-state index contributed by atoms with van der Waals surface area (Å²) in [6.45, 7) is 27.3. The van der Waals surface area contributed by atoms with Gasteiger partial charge in [-0.15, -0.1) is 0 Å². The molecule has 2 aromatic carbocycles. The van der Waals surface area contributed by atoms with E-state index in [1.165, 1.54) is 0 Å². The average molecular weight is 625 g/mol. The number of aromatic hydroxyl groups is 2. The molecular formula is C39H60O6. The second-order valence-corrected chi connectivity index (χ2v) is 16.7. The van der Waals surface area contributed by atoms with Gasteiger partial charge in [0.1, 0.15) is 11.5 Å². The van der Waals surface area contributed by atoms with Gasteiger partial charge in [-0.25, -0.2) is 0 Å². The number of carbonyl (C=O) groups excluding carboxylic acids is 2. The third-order valence-corrected chi connectivity index (χ3v) is 8.34. The van der Waals surface area contributed by atoms with Crippen LogP contribution in [0.5, 0.6) is 11.5 Å². The van der Waals surface area contributed by atoms with E-state index in [9.17, 15) is 19.8 Å². The Hall–Kier alpha value is -3.02. The summed E-state index contributed by atoms with van der Waals surface area (Å²) in [5, 5.41) is 21.9. The van der Waals surface area contributed by atoms with Gasteiger partial charge < -0.3 is 19.7 Å². The summed E-state index contributed by atoms with van der Waals surface area (Å²) in [5.41, 5.74) is 4.56. The number of esters is 2. The molecule has 0 fully saturated rings. The van der Waals surface area contributed by atoms with Crippen LogP contribution in [0.2, 0.25) is 0 Å². The van der Waals surface area contributed by atoms with Crippen molar-refractivity contribution in [1.29, 1.82) is 0 Å². The standard InChI is InChI=1S/C39H60O6/c1-14-25(23-44-32(40)17-15-26-19-28(36(2,3)4)34(42)29(20-26)37(5,6)7)24-45-33(41)18-16-27-21-30(38(8,9)10)35(43)31(22-27)39(11,12)13/h19-22,25,42-43H,14-18,23-24H2,1-13H3. The molecule has 0 unspecified atom stereocenters. The molecule has 0 saturated carbocycles. The summed E-state index contributed by atoms with van der Waals surface area (Å²) in [7, 11) is 0. The van der Waals surface area contributed by atoms with E-state index < -0.39 is 0 Å². The smallest absolute Gasteiger partial charge is 0.306 e. The molecule has 0 heterocycles. The van der Waals surface area contributed by atoms with Gasteiger partial charge in [0.15, 0.2) is 0 Å². The van der Waals surface area contributed by atoms with Crippen LogP contribution in [0.25, 0.3) is 0 Å². The predicted octanol–water partition coefficient (Wildman–Crippen LogP) is 8.97. The van der Waals surface area contributed by atoms with E-state index in [-0.39, 0.29) is 65.6 Å². The van der Waals surface area contributed by atoms with E-state index in [1.54, 1.807) is 0 Å². The lowest BCUT2D eigenvalue weighted by molar-refractivity contribution is -0.149. The third-order valence-electron chi connectivity index (χ3n) is 8.34. The summed E-state index contributed by atoms with van der Waals surface area (Å²) >= 11 is 0. The van der Waals surface area contributed by atoms with Crippen molar-refractivity contribution in [2.24, 2.45) is 5.92 Å². The molecule has 0 atom stereocenters. The van der Waals surface area contributed by atoms with Gasteiger partial charge in [0, 0.05) is 18.8 Å². The summed E-state index contributed by atoms with van der Waals surface area (Å²) < 4.78 is 11.2. The minimum Gasteiger partial charge on any atom is -0.507 e. The fraction of sp³-hybridized carbons (Fsp3) is 0.641. The average Bonchev–Trinajstić information content (AvgIpc) is 2.89. The van der Waals surface area contributed by atoms with Crippen LogP contribution in [0.3, 0.4) is 0 Å². The molecular weight excluding hydrogens is 564 g/mol. The number of hydrogen-bond donors (Lipinski definition) is 2. The fourth-order valence-corrected chi connectivity index (χ4v) is 5.31. The normalized spacial score (nSPS) is 12.8. The van der Waals surface area contributed by atoms with Gasteiger partial charge >= 0.3 is 11.9 Å². The van der Waals surface area contributed by atoms with E-state index in [1.807, 2.05) is 31.2 Å². The van der Waals surface area contributed by atoms with Gasteiger partial charge in [-0.05, 0) is 74.3 Å². The van der Waals surface area contributed by atoms with Gasteiger partial charge in [-0.2, -0.15) is 0 Å². The molecule has 2 N–H and O–H groups in total. The van der Waals surface area contributed by atoms with Crippen LogP contribution in [0.15, 0.2) is 24.3 Å². The molecule has 0 aliphatic carbocycles. The quantitative estimate of drug-likeness (QED) is 0.243. The summed E-state index contributed by atoms with van der Waals surface area (Å²) in [5.74, 6) is -0.0125. The highest BCUT2D eigenvalue weighted by Crippen LogP contribution is 2.41. The number of benzene rings is 2. The molecule has 45 heavy (non-hydrogen) atoms. The van der Waals surface area contributed by atoms with Gasteiger partial charge in [0.2, 0.25) is 0 Å². The minimum absolute atomic E-state index is 0.0831. The Bertz CT molecular complexity index is 1150. The highest BCUT2D eigenvalue weighted by Gasteiger charge is 2.28. The molecule has 252 valence electrons. The van der Waals surface area contributed by atoms with Crippen molar-refractivity contribution in [3.05, 3.63) is 57.6 Å². The van der Waals surface area contributed by atoms with E-state index in [0.717, 1.165) is 33.4 Å². The molecule has 0 aliphatic heterocycles. The highest BCUT2D eigenvalue weighted by atomic mass is 16.5. The lowest BCUT2D eigenvalue weighted by Gasteiger charge is -2.28. The van der Waals surface area contributed by atoms with Crippen molar-refractivity contribution in [2.45, 2.75) is 144 Å². The van der Waals surface area contributed by atoms with Crippen LogP contribution in [0.4, 0.5) is 0 Å². The first-order valence-corrected chi connectivity index (χ1v) is 16.5. The molecule has 2 rings (SSSR count). The summed E-state index contributed by atoms with van der Waals surface area (Å²) in [4.78, 5) is 25.4. The molecule has 0 aliphatic rings. The minimum atomic E-state index is -0.292. The molecule has 0 radical (unpaired) electrons. The maximum atomic E-state index is 12.7. The van der Waals surface area contributed by atoms with Crippen LogP contribution in [-0.4, -0.2) is 35.4 Å². The Morgan fingerprint density at radius 3 is 1.07 bits per heavy atom. The lowest BCUT2D eigenvalue weighted by Crippen LogP contribution is -2.21. The van der Waals surface area contributed by atoms with Crippen LogP contribution in [0.1, 0.15) is 143 Å². The van der Waals surface area contributed by atoms with Crippen LogP contribution in [0, 0.1) is 5.92 Å². The Morgan fingerprint density at radius 2 is 0.844 bits per heavy atom. The number of hydrogen-bond acceptors (Lipinski definition) is 6. The first-order valence-electron chi connectivity index (χ1n) is 16.5. The van der Waals surface area contributed by atoms with E-state index >= 15 is 0 Å². The fourth-order valence-electron chi connectivity index (χ4n) is 5.31. The molecule has 6 nitrogen and oxygen atoms in total. The monoisotopic (exact) mass is 624 g/mol. The maximum absolute atomic E-state index is 12.7. The Balaban J connectivity index is 1.95. The molecule has 6 heteroatoms. The number of phenolic OH excluding ortho intramolecular Hbond substituents is 2. The molecule has 0 aromatic heterocycles. The van der Waals surface area contributed by atoms with Gasteiger partial charge in [-0.3, -0.25) is 9.59 Å². The van der Waals surface area contributed by atoms with Crippen LogP contribution >= 0.6 is 0 Å². The summed E-state index contributed by atoms with van der Waals surface area (Å²) in [6.07, 6.45) is 2.20. The van der Waals surface area contributed by atoms with Crippen molar-refractivity contribution in [3.63, 3.8) is 0 Å². The first-order chi connectivity index (χ1) is 20.4. The number of ether oxygens (including phenoxy) is 2. The van der Waals surface area contributed by atoms with Gasteiger partial charge in [0.05, 0.1) is 13.2 Å². The Labute approximate surface area is 272 Å². The third kappa shape index (κ3) is 11.1. The van der Waals surface area contributed by atoms with Gasteiger partial charge in [0.25, 0.3) is 0 Å². The number of carbonyl (C=O) groups is 2. The molecule has 0 amide bonds. The number of aryl methyl sites for hydroxylation is 2. The first kappa shape index (κ1) is 38.2. The van der Waals surface area contributed by atoms with E-state index in [4.69, 9.17) is 9.47 Å². The van der Waals surface area contributed by atoms with Crippen molar-refractivity contribution in [1.82, 2.24) is 0 Å². The van der Waals surface area contributed by atoms with Crippen LogP contribution < -0.4 is 0 Å². The van der Waals surface area contributed by atoms with Crippen LogP contribution in [-0.2, 0) is 53.6 Å². The van der Waals surface area contributed by atoms with E-state index in [2.05, 4.69) is 83.1 Å². The molecule has 0 spiro atoms. The second kappa shape index (κ2) is 14.6. The lowest BCUT2D eigenvalue weighted by atomic mass is 9.78. The number of rotatable bonds is 11. The van der Waals surface area contributed by atoms with Crippen molar-refractivity contribution in [2.75, 3.05) is 13.2 Å². The Kier molecular flexibility index (Phi) is 12.4. The van der Waals surface area contributed by atoms with E-state index in [0.29, 0.717) is 30.8 Å². The summed E-state index contributed by atoms with van der Waals surface area (Å²) in [6, 6.07) is 7.99. The maximum Gasteiger partial charge on any atom is 0.306 e. The zero-order valence-corrected chi connectivity index (χ0v) is 30.4. The Morgan fingerprint density at radius 1 is 0.578 bits per heavy atom. The SMILES string of the molecule is CCC(COC(=O)CCc1cc(C(C)(C)C)c(O)c(C(C)(C)C)c1)COC(=O)CCc1cc(C(C)(C)C)c(O)c(C(C)(C)C)c1. The zero-order chi connectivity index (χ0) is 34.5.